The Morgan fingerprint density at radius 3 is 1.55 bits per heavy atom. The number of allylic oxidation sites excluding steroid dienone is 6. The molecule has 0 saturated carbocycles. The first-order valence-corrected chi connectivity index (χ1v) is 17.0. The molecule has 0 amide bonds. The third kappa shape index (κ3) is 13.7. The van der Waals surface area contributed by atoms with Gasteiger partial charge in [-0.05, 0) is 39.8 Å². The van der Waals surface area contributed by atoms with E-state index in [0.717, 1.165) is 11.4 Å². The zero-order valence-electron chi connectivity index (χ0n) is 23.4. The van der Waals surface area contributed by atoms with E-state index in [2.05, 4.69) is 15.6 Å². The van der Waals surface area contributed by atoms with Gasteiger partial charge in [-0.2, -0.15) is 11.4 Å². The minimum absolute atomic E-state index is 0. The number of aromatic nitrogens is 1. The molecule has 5 unspecified atom stereocenters. The Morgan fingerprint density at radius 2 is 1.20 bits per heavy atom. The maximum absolute atomic E-state index is 11.5. The summed E-state index contributed by atoms with van der Waals surface area (Å²) in [4.78, 5) is 32.1. The van der Waals surface area contributed by atoms with Crippen LogP contribution in [0, 0.1) is 6.92 Å². The van der Waals surface area contributed by atoms with Crippen molar-refractivity contribution in [3.05, 3.63) is 82.4 Å². The second kappa shape index (κ2) is 18.4. The van der Waals surface area contributed by atoms with Crippen LogP contribution in [0.4, 0.5) is 0 Å². The molecular formula is C24H38N3O9P3Ti. The van der Waals surface area contributed by atoms with Gasteiger partial charge >= 0.3 is 44.5 Å². The normalized spacial score (nSPS) is 21.9. The van der Waals surface area contributed by atoms with Crippen LogP contribution in [-0.4, -0.2) is 51.1 Å². The van der Waals surface area contributed by atoms with Crippen molar-refractivity contribution >= 4 is 28.2 Å². The summed E-state index contributed by atoms with van der Waals surface area (Å²) in [7, 11) is -10.9. The molecule has 0 saturated heterocycles. The Kier molecular flexibility index (Phi) is 17.9. The summed E-state index contributed by atoms with van der Waals surface area (Å²) < 4.78 is 48.6. The molecule has 3 N–H and O–H groups in total. The van der Waals surface area contributed by atoms with Gasteiger partial charge in [0.25, 0.3) is 0 Å². The van der Waals surface area contributed by atoms with Crippen molar-refractivity contribution < 1.29 is 63.7 Å². The Balaban J connectivity index is 0.000000563. The number of hydrogen-bond donors (Lipinski definition) is 3. The van der Waals surface area contributed by atoms with E-state index in [4.69, 9.17) is 13.6 Å². The smallest absolute Gasteiger partial charge is 0.672 e. The van der Waals surface area contributed by atoms with Crippen LogP contribution in [-0.2, 0) is 49.0 Å². The van der Waals surface area contributed by atoms with E-state index >= 15 is 0 Å². The molecule has 0 spiro atoms. The third-order valence-electron chi connectivity index (χ3n) is 4.68. The van der Waals surface area contributed by atoms with Crippen LogP contribution >= 0.6 is 22.8 Å². The quantitative estimate of drug-likeness (QED) is 0.211. The molecule has 2 aliphatic heterocycles. The average molecular weight is 653 g/mol. The number of rotatable bonds is 9. The fraction of sp³-hybridized carbons (Fsp3) is 0.458. The summed E-state index contributed by atoms with van der Waals surface area (Å²) in [5, 5.41) is 8.02. The third-order valence-corrected chi connectivity index (χ3v) is 9.28. The van der Waals surface area contributed by atoms with E-state index in [-0.39, 0.29) is 47.0 Å². The first kappa shape index (κ1) is 38.9. The van der Waals surface area contributed by atoms with E-state index in [0.29, 0.717) is 5.69 Å². The van der Waals surface area contributed by atoms with E-state index in [1.165, 1.54) is 6.07 Å². The minimum Gasteiger partial charge on any atom is -0.672 e. The monoisotopic (exact) mass is 653 g/mol. The van der Waals surface area contributed by atoms with Crippen molar-refractivity contribution in [3.8, 4) is 0 Å². The molecule has 5 atom stereocenters. The summed E-state index contributed by atoms with van der Waals surface area (Å²) in [6, 6.07) is 4.93. The predicted molar refractivity (Wildman–Crippen MR) is 153 cm³/mol. The SMILES string of the molecule is CCOP(=O)(O)C1C=CC=C(C)[N-]1.CCOP(=O)(O)C1C=CC=C(C)[N-]1.CCOP(=O)(O)c1cccc(C)n1.[Ti+2]. The molecule has 0 radical (unpaired) electrons. The number of pyridine rings is 1. The summed E-state index contributed by atoms with van der Waals surface area (Å²) in [6.07, 6.45) is 10.1. The Bertz CT molecular complexity index is 1150. The fourth-order valence-corrected chi connectivity index (χ4v) is 6.37. The van der Waals surface area contributed by atoms with E-state index in [1.807, 2.05) is 0 Å². The molecule has 3 rings (SSSR count). The Morgan fingerprint density at radius 1 is 0.775 bits per heavy atom. The molecule has 40 heavy (non-hydrogen) atoms. The van der Waals surface area contributed by atoms with Gasteiger partial charge in [0.2, 0.25) is 0 Å². The van der Waals surface area contributed by atoms with Gasteiger partial charge in [0.15, 0.2) is 5.44 Å². The van der Waals surface area contributed by atoms with Crippen LogP contribution in [0.2, 0.25) is 0 Å². The Hall–Kier alpha value is -1.13. The molecule has 222 valence electrons. The summed E-state index contributed by atoms with van der Waals surface area (Å²) in [6.45, 7) is 11.0. The van der Waals surface area contributed by atoms with Crippen LogP contribution in [0.3, 0.4) is 0 Å². The molecule has 0 aromatic carbocycles. The van der Waals surface area contributed by atoms with Crippen molar-refractivity contribution in [2.24, 2.45) is 0 Å². The Labute approximate surface area is 251 Å². The predicted octanol–water partition coefficient (Wildman–Crippen LogP) is 6.00. The molecule has 1 aromatic rings. The van der Waals surface area contributed by atoms with E-state index < -0.39 is 34.4 Å². The van der Waals surface area contributed by atoms with Gasteiger partial charge < -0.3 is 38.9 Å². The first-order valence-electron chi connectivity index (χ1n) is 12.2. The maximum atomic E-state index is 11.5. The summed E-state index contributed by atoms with van der Waals surface area (Å²) >= 11 is 0. The molecule has 12 nitrogen and oxygen atoms in total. The van der Waals surface area contributed by atoms with E-state index in [9.17, 15) is 28.4 Å². The van der Waals surface area contributed by atoms with Crippen LogP contribution in [0.15, 0.2) is 66.0 Å². The molecule has 3 heterocycles. The van der Waals surface area contributed by atoms with Gasteiger partial charge in [0.05, 0.1) is 19.8 Å². The minimum atomic E-state index is -3.68. The van der Waals surface area contributed by atoms with E-state index in [1.54, 1.807) is 90.1 Å². The molecule has 1 aromatic heterocycles. The second-order valence-electron chi connectivity index (χ2n) is 8.01. The van der Waals surface area contributed by atoms with Gasteiger partial charge in [-0.3, -0.25) is 13.7 Å². The zero-order chi connectivity index (χ0) is 29.7. The van der Waals surface area contributed by atoms with Crippen molar-refractivity contribution in [1.29, 1.82) is 0 Å². The number of hydrogen-bond acceptors (Lipinski definition) is 7. The van der Waals surface area contributed by atoms with Crippen LogP contribution < -0.4 is 5.44 Å². The molecule has 16 heteroatoms. The first-order chi connectivity index (χ1) is 18.2. The molecule has 0 bridgehead atoms. The number of nitrogens with zero attached hydrogens (tertiary/aromatic N) is 3. The van der Waals surface area contributed by atoms with Gasteiger partial charge in [-0.25, -0.2) is 4.98 Å². The second-order valence-corrected chi connectivity index (χ2v) is 13.6. The van der Waals surface area contributed by atoms with Gasteiger partial charge in [0, 0.05) is 17.3 Å². The van der Waals surface area contributed by atoms with Crippen LogP contribution in [0.25, 0.3) is 10.6 Å². The van der Waals surface area contributed by atoms with Gasteiger partial charge in [-0.15, -0.1) is 0 Å². The average Bonchev–Trinajstić information content (AvgIpc) is 2.85. The van der Waals surface area contributed by atoms with Crippen molar-refractivity contribution in [2.45, 2.75) is 53.1 Å². The summed E-state index contributed by atoms with van der Waals surface area (Å²) in [5.41, 5.74) is 2.28. The topological polar surface area (TPSA) is 181 Å². The largest absolute Gasteiger partial charge is 2.00 e. The van der Waals surface area contributed by atoms with Crippen LogP contribution in [0.5, 0.6) is 0 Å². The van der Waals surface area contributed by atoms with Crippen LogP contribution in [0.1, 0.15) is 40.3 Å². The maximum Gasteiger partial charge on any atom is 2.00 e. The molecule has 0 fully saturated rings. The molecular weight excluding hydrogens is 615 g/mol. The molecule has 0 aliphatic carbocycles. The standard InChI is InChI=1S/2C8H13NO3P.C8H12NO3P.Ti/c3*1-3-12-13(10,11)8-6-4-5-7(2)9-8;/h2*4-6,8H,3H2,1-2H3,(H,10,11);4-6H,3H2,1-2H3,(H,10,11);/q2*-1;;+2. The van der Waals surface area contributed by atoms with Gasteiger partial charge in [-0.1, -0.05) is 56.4 Å². The molecule has 2 aliphatic rings. The van der Waals surface area contributed by atoms with Crippen molar-refractivity contribution in [1.82, 2.24) is 4.98 Å². The summed E-state index contributed by atoms with van der Waals surface area (Å²) in [5.74, 6) is -1.48. The van der Waals surface area contributed by atoms with Crippen molar-refractivity contribution in [2.75, 3.05) is 19.8 Å². The van der Waals surface area contributed by atoms with Gasteiger partial charge in [0.1, 0.15) is 0 Å². The zero-order valence-corrected chi connectivity index (χ0v) is 27.7. The van der Waals surface area contributed by atoms with Crippen molar-refractivity contribution in [3.63, 3.8) is 0 Å². The fourth-order valence-electron chi connectivity index (χ4n) is 2.99. The number of aryl methyl sites for hydroxylation is 1.